The zero-order valence-corrected chi connectivity index (χ0v) is 17.6. The van der Waals surface area contributed by atoms with E-state index in [4.69, 9.17) is 23.2 Å². The van der Waals surface area contributed by atoms with E-state index >= 15 is 0 Å². The van der Waals surface area contributed by atoms with Crippen LogP contribution in [-0.2, 0) is 0 Å². The van der Waals surface area contributed by atoms with Crippen molar-refractivity contribution in [2.24, 2.45) is 5.10 Å². The van der Waals surface area contributed by atoms with Gasteiger partial charge in [-0.3, -0.25) is 9.89 Å². The van der Waals surface area contributed by atoms with Crippen LogP contribution in [0.2, 0.25) is 10.0 Å². The third kappa shape index (κ3) is 5.16. The number of aromatic nitrogens is 2. The normalized spacial score (nSPS) is 11.0. The second-order valence-electron chi connectivity index (χ2n) is 6.25. The van der Waals surface area contributed by atoms with E-state index in [1.54, 1.807) is 30.5 Å². The van der Waals surface area contributed by atoms with E-state index in [1.807, 2.05) is 24.3 Å². The van der Waals surface area contributed by atoms with E-state index in [9.17, 15) is 4.79 Å². The molecule has 0 saturated carbocycles. The summed E-state index contributed by atoms with van der Waals surface area (Å²) < 4.78 is 0. The molecule has 2 aromatic carbocycles. The van der Waals surface area contributed by atoms with Gasteiger partial charge in [-0.05, 0) is 55.8 Å². The van der Waals surface area contributed by atoms with Crippen molar-refractivity contribution >= 4 is 41.0 Å². The van der Waals surface area contributed by atoms with Gasteiger partial charge >= 0.3 is 0 Å². The van der Waals surface area contributed by atoms with Gasteiger partial charge in [0.2, 0.25) is 0 Å². The Labute approximate surface area is 179 Å². The lowest BCUT2D eigenvalue weighted by atomic mass is 10.1. The first-order valence-corrected chi connectivity index (χ1v) is 9.96. The smallest absolute Gasteiger partial charge is 0.289 e. The van der Waals surface area contributed by atoms with Gasteiger partial charge < -0.3 is 4.90 Å². The highest BCUT2D eigenvalue weighted by Gasteiger charge is 2.12. The number of nitrogens with zero attached hydrogens (tertiary/aromatic N) is 3. The quantitative estimate of drug-likeness (QED) is 0.410. The first-order chi connectivity index (χ1) is 14.0. The van der Waals surface area contributed by atoms with Crippen LogP contribution in [0.15, 0.2) is 53.6 Å². The third-order valence-electron chi connectivity index (χ3n) is 4.43. The summed E-state index contributed by atoms with van der Waals surface area (Å²) in [5.74, 6) is -0.398. The van der Waals surface area contributed by atoms with Gasteiger partial charge in [-0.2, -0.15) is 10.2 Å². The van der Waals surface area contributed by atoms with Crippen LogP contribution in [0.3, 0.4) is 0 Å². The SMILES string of the molecule is CCN(CC)c1ccc(C=NNC(=O)c2cc(-c3ccc(Cl)cc3Cl)n[nH]2)cc1. The highest BCUT2D eigenvalue weighted by Crippen LogP contribution is 2.29. The van der Waals surface area contributed by atoms with Crippen molar-refractivity contribution in [3.8, 4) is 11.3 Å². The molecule has 0 saturated heterocycles. The fourth-order valence-electron chi connectivity index (χ4n) is 2.86. The summed E-state index contributed by atoms with van der Waals surface area (Å²) in [6.45, 7) is 6.15. The molecule has 2 N–H and O–H groups in total. The Balaban J connectivity index is 1.63. The van der Waals surface area contributed by atoms with Crippen LogP contribution in [0, 0.1) is 0 Å². The zero-order valence-electron chi connectivity index (χ0n) is 16.1. The molecule has 0 unspecified atom stereocenters. The molecule has 0 spiro atoms. The van der Waals surface area contributed by atoms with Gasteiger partial charge in [-0.1, -0.05) is 35.3 Å². The minimum Gasteiger partial charge on any atom is -0.372 e. The molecule has 0 bridgehead atoms. The standard InChI is InChI=1S/C21H21Cl2N5O/c1-3-28(4-2)16-8-5-14(6-9-16)13-24-27-21(29)20-12-19(25-26-20)17-10-7-15(22)11-18(17)23/h5-13H,3-4H2,1-2H3,(H,25,26)(H,27,29). The van der Waals surface area contributed by atoms with E-state index in [1.165, 1.54) is 0 Å². The van der Waals surface area contributed by atoms with Gasteiger partial charge in [0.25, 0.3) is 5.91 Å². The fourth-order valence-corrected chi connectivity index (χ4v) is 3.36. The van der Waals surface area contributed by atoms with Crippen molar-refractivity contribution in [1.82, 2.24) is 15.6 Å². The fraction of sp³-hybridized carbons (Fsp3) is 0.190. The molecule has 0 aliphatic heterocycles. The maximum atomic E-state index is 12.3. The summed E-state index contributed by atoms with van der Waals surface area (Å²) >= 11 is 12.1. The average molecular weight is 430 g/mol. The summed E-state index contributed by atoms with van der Waals surface area (Å²) in [6.07, 6.45) is 1.59. The van der Waals surface area contributed by atoms with Crippen molar-refractivity contribution in [2.45, 2.75) is 13.8 Å². The summed E-state index contributed by atoms with van der Waals surface area (Å²) in [5.41, 5.74) is 6.04. The Hall–Kier alpha value is -2.83. The van der Waals surface area contributed by atoms with E-state index in [0.29, 0.717) is 21.3 Å². The van der Waals surface area contributed by atoms with Gasteiger partial charge in [0.05, 0.1) is 16.9 Å². The molecule has 0 fully saturated rings. The topological polar surface area (TPSA) is 73.4 Å². The number of amides is 1. The molecule has 0 aliphatic carbocycles. The number of hydrazone groups is 1. The van der Waals surface area contributed by atoms with Crippen LogP contribution in [0.4, 0.5) is 5.69 Å². The molecule has 8 heteroatoms. The van der Waals surface area contributed by atoms with Crippen LogP contribution in [0.25, 0.3) is 11.3 Å². The van der Waals surface area contributed by atoms with Crippen molar-refractivity contribution in [3.63, 3.8) is 0 Å². The second-order valence-corrected chi connectivity index (χ2v) is 7.10. The summed E-state index contributed by atoms with van der Waals surface area (Å²) in [7, 11) is 0. The summed E-state index contributed by atoms with van der Waals surface area (Å²) in [5, 5.41) is 11.8. The van der Waals surface area contributed by atoms with Crippen molar-refractivity contribution in [2.75, 3.05) is 18.0 Å². The minimum atomic E-state index is -0.398. The number of benzene rings is 2. The van der Waals surface area contributed by atoms with Gasteiger partial charge in [0.1, 0.15) is 5.69 Å². The maximum Gasteiger partial charge on any atom is 0.289 e. The molecule has 0 radical (unpaired) electrons. The van der Waals surface area contributed by atoms with Crippen LogP contribution < -0.4 is 10.3 Å². The number of anilines is 1. The Morgan fingerprint density at radius 2 is 1.86 bits per heavy atom. The van der Waals surface area contributed by atoms with Gasteiger partial charge in [-0.15, -0.1) is 0 Å². The van der Waals surface area contributed by atoms with E-state index in [-0.39, 0.29) is 5.69 Å². The Morgan fingerprint density at radius 3 is 2.52 bits per heavy atom. The maximum absolute atomic E-state index is 12.3. The highest BCUT2D eigenvalue weighted by atomic mass is 35.5. The number of rotatable bonds is 7. The van der Waals surface area contributed by atoms with Crippen molar-refractivity contribution < 1.29 is 4.79 Å². The first kappa shape index (κ1) is 20.9. The number of nitrogens with one attached hydrogen (secondary N) is 2. The molecule has 0 atom stereocenters. The predicted octanol–water partition coefficient (Wildman–Crippen LogP) is 4.99. The molecule has 1 aromatic heterocycles. The number of carbonyl (C=O) groups excluding carboxylic acids is 1. The molecular formula is C21H21Cl2N5O. The van der Waals surface area contributed by atoms with E-state index in [0.717, 1.165) is 24.3 Å². The number of carbonyl (C=O) groups is 1. The van der Waals surface area contributed by atoms with Crippen LogP contribution in [0.1, 0.15) is 29.9 Å². The highest BCUT2D eigenvalue weighted by molar-refractivity contribution is 6.36. The Morgan fingerprint density at radius 1 is 1.14 bits per heavy atom. The molecule has 3 aromatic rings. The number of hydrogen-bond acceptors (Lipinski definition) is 4. The van der Waals surface area contributed by atoms with Gasteiger partial charge in [-0.25, -0.2) is 5.43 Å². The molecular weight excluding hydrogens is 409 g/mol. The molecule has 3 rings (SSSR count). The number of halogens is 2. The van der Waals surface area contributed by atoms with E-state index < -0.39 is 5.91 Å². The van der Waals surface area contributed by atoms with Crippen LogP contribution >= 0.6 is 23.2 Å². The van der Waals surface area contributed by atoms with E-state index in [2.05, 4.69) is 39.5 Å². The van der Waals surface area contributed by atoms with Crippen molar-refractivity contribution in [3.05, 3.63) is 69.8 Å². The second kappa shape index (κ2) is 9.58. The third-order valence-corrected chi connectivity index (χ3v) is 4.98. The first-order valence-electron chi connectivity index (χ1n) is 9.21. The minimum absolute atomic E-state index is 0.278. The average Bonchev–Trinajstić information content (AvgIpc) is 3.20. The van der Waals surface area contributed by atoms with Crippen molar-refractivity contribution in [1.29, 1.82) is 0 Å². The van der Waals surface area contributed by atoms with Crippen LogP contribution in [-0.4, -0.2) is 35.4 Å². The largest absolute Gasteiger partial charge is 0.372 e. The lowest BCUT2D eigenvalue weighted by Crippen LogP contribution is -2.21. The predicted molar refractivity (Wildman–Crippen MR) is 119 cm³/mol. The lowest BCUT2D eigenvalue weighted by Gasteiger charge is -2.20. The Kier molecular flexibility index (Phi) is 6.90. The molecule has 6 nitrogen and oxygen atoms in total. The van der Waals surface area contributed by atoms with Gasteiger partial charge in [0.15, 0.2) is 0 Å². The molecule has 150 valence electrons. The molecule has 1 amide bonds. The Bertz CT molecular complexity index is 1010. The zero-order chi connectivity index (χ0) is 20.8. The monoisotopic (exact) mass is 429 g/mol. The molecule has 0 aliphatic rings. The number of H-pyrrole nitrogens is 1. The number of aromatic amines is 1. The number of hydrogen-bond donors (Lipinski definition) is 2. The lowest BCUT2D eigenvalue weighted by molar-refractivity contribution is 0.0950. The summed E-state index contributed by atoms with van der Waals surface area (Å²) in [6, 6.07) is 14.7. The molecule has 29 heavy (non-hydrogen) atoms. The molecule has 1 heterocycles. The summed E-state index contributed by atoms with van der Waals surface area (Å²) in [4.78, 5) is 14.5. The van der Waals surface area contributed by atoms with Crippen LogP contribution in [0.5, 0.6) is 0 Å². The van der Waals surface area contributed by atoms with Gasteiger partial charge in [0, 0.05) is 29.4 Å².